The zero-order chi connectivity index (χ0) is 19.9. The molecule has 28 heavy (non-hydrogen) atoms. The summed E-state index contributed by atoms with van der Waals surface area (Å²) in [5, 5.41) is 5.40. The Kier molecular flexibility index (Phi) is 6.26. The van der Waals surface area contributed by atoms with Gasteiger partial charge in [-0.2, -0.15) is 0 Å². The van der Waals surface area contributed by atoms with E-state index in [2.05, 4.69) is 10.6 Å². The predicted octanol–water partition coefficient (Wildman–Crippen LogP) is 1.99. The van der Waals surface area contributed by atoms with Gasteiger partial charge in [0.05, 0.1) is 12.6 Å². The second-order valence-corrected chi connectivity index (χ2v) is 6.46. The van der Waals surface area contributed by atoms with Crippen molar-refractivity contribution in [1.29, 1.82) is 0 Å². The number of fused-ring (bicyclic) bond motifs is 1. The molecule has 7 heteroatoms. The SMILES string of the molecule is CC(NC(=O)c1ccccc1)C(=O)OCC(=O)NC1CCOc2ccccc21. The average Bonchev–Trinajstić information content (AvgIpc) is 2.73. The Morgan fingerprint density at radius 3 is 2.61 bits per heavy atom. The maximum absolute atomic E-state index is 12.2. The molecule has 2 unspecified atom stereocenters. The van der Waals surface area contributed by atoms with Crippen LogP contribution in [0.15, 0.2) is 54.6 Å². The summed E-state index contributed by atoms with van der Waals surface area (Å²) in [6.07, 6.45) is 0.639. The van der Waals surface area contributed by atoms with Gasteiger partial charge in [0.2, 0.25) is 0 Å². The van der Waals surface area contributed by atoms with E-state index in [1.807, 2.05) is 24.3 Å². The van der Waals surface area contributed by atoms with Crippen molar-refractivity contribution < 1.29 is 23.9 Å². The van der Waals surface area contributed by atoms with Gasteiger partial charge in [0.25, 0.3) is 11.8 Å². The van der Waals surface area contributed by atoms with Gasteiger partial charge in [0.1, 0.15) is 11.8 Å². The van der Waals surface area contributed by atoms with Crippen LogP contribution >= 0.6 is 0 Å². The van der Waals surface area contributed by atoms with Crippen molar-refractivity contribution in [2.75, 3.05) is 13.2 Å². The van der Waals surface area contributed by atoms with Gasteiger partial charge in [0.15, 0.2) is 6.61 Å². The molecule has 0 fully saturated rings. The summed E-state index contributed by atoms with van der Waals surface area (Å²) in [6, 6.07) is 15.0. The summed E-state index contributed by atoms with van der Waals surface area (Å²) < 4.78 is 10.6. The third-order valence-electron chi connectivity index (χ3n) is 4.38. The van der Waals surface area contributed by atoms with Crippen LogP contribution in [0.4, 0.5) is 0 Å². The van der Waals surface area contributed by atoms with Crippen LogP contribution in [0.2, 0.25) is 0 Å². The first-order valence-electron chi connectivity index (χ1n) is 9.08. The topological polar surface area (TPSA) is 93.7 Å². The van der Waals surface area contributed by atoms with Gasteiger partial charge >= 0.3 is 5.97 Å². The van der Waals surface area contributed by atoms with Gasteiger partial charge in [-0.3, -0.25) is 9.59 Å². The molecule has 0 bridgehead atoms. The molecule has 2 amide bonds. The molecular formula is C21H22N2O5. The molecule has 7 nitrogen and oxygen atoms in total. The third kappa shape index (κ3) is 4.88. The number of hydrogen-bond donors (Lipinski definition) is 2. The fraction of sp³-hybridized carbons (Fsp3) is 0.286. The molecule has 0 spiro atoms. The predicted molar refractivity (Wildman–Crippen MR) is 102 cm³/mol. The molecule has 1 aliphatic rings. The molecule has 1 heterocycles. The van der Waals surface area contributed by atoms with Gasteiger partial charge in [-0.1, -0.05) is 36.4 Å². The lowest BCUT2D eigenvalue weighted by Gasteiger charge is -2.26. The van der Waals surface area contributed by atoms with Crippen molar-refractivity contribution in [2.45, 2.75) is 25.4 Å². The molecule has 1 aliphatic heterocycles. The second-order valence-electron chi connectivity index (χ2n) is 6.46. The quantitative estimate of drug-likeness (QED) is 0.745. The first-order chi connectivity index (χ1) is 13.5. The van der Waals surface area contributed by atoms with Crippen molar-refractivity contribution in [3.05, 3.63) is 65.7 Å². The van der Waals surface area contributed by atoms with Crippen molar-refractivity contribution in [3.63, 3.8) is 0 Å². The highest BCUT2D eigenvalue weighted by Crippen LogP contribution is 2.31. The van der Waals surface area contributed by atoms with E-state index in [0.717, 1.165) is 11.3 Å². The van der Waals surface area contributed by atoms with Crippen molar-refractivity contribution in [2.24, 2.45) is 0 Å². The Labute approximate surface area is 163 Å². The van der Waals surface area contributed by atoms with E-state index in [4.69, 9.17) is 9.47 Å². The number of amides is 2. The fourth-order valence-corrected chi connectivity index (χ4v) is 2.92. The molecule has 2 aromatic carbocycles. The van der Waals surface area contributed by atoms with E-state index < -0.39 is 24.5 Å². The summed E-state index contributed by atoms with van der Waals surface area (Å²) in [5.41, 5.74) is 1.34. The highest BCUT2D eigenvalue weighted by molar-refractivity contribution is 5.96. The number of carbonyl (C=O) groups excluding carboxylic acids is 3. The minimum absolute atomic E-state index is 0.189. The monoisotopic (exact) mass is 382 g/mol. The van der Waals surface area contributed by atoms with E-state index in [1.165, 1.54) is 6.92 Å². The number of esters is 1. The van der Waals surface area contributed by atoms with Crippen LogP contribution in [0.5, 0.6) is 5.75 Å². The van der Waals surface area contributed by atoms with Crippen LogP contribution in [0, 0.1) is 0 Å². The van der Waals surface area contributed by atoms with Crippen LogP contribution in [-0.4, -0.2) is 37.0 Å². The highest BCUT2D eigenvalue weighted by atomic mass is 16.5. The first kappa shape index (κ1) is 19.4. The zero-order valence-corrected chi connectivity index (χ0v) is 15.5. The summed E-state index contributed by atoms with van der Waals surface area (Å²) in [7, 11) is 0. The Morgan fingerprint density at radius 2 is 1.82 bits per heavy atom. The smallest absolute Gasteiger partial charge is 0.328 e. The maximum atomic E-state index is 12.2. The third-order valence-corrected chi connectivity index (χ3v) is 4.38. The second kappa shape index (κ2) is 9.03. The standard InChI is InChI=1S/C21H22N2O5/c1-14(22-20(25)15-7-3-2-4-8-15)21(26)28-13-19(24)23-17-11-12-27-18-10-6-5-9-16(17)18/h2-10,14,17H,11-13H2,1H3,(H,22,25)(H,23,24). The zero-order valence-electron chi connectivity index (χ0n) is 15.5. The number of rotatable bonds is 6. The molecule has 2 atom stereocenters. The number of carbonyl (C=O) groups is 3. The molecule has 2 aromatic rings. The van der Waals surface area contributed by atoms with Gasteiger partial charge in [-0.05, 0) is 25.1 Å². The average molecular weight is 382 g/mol. The molecule has 0 aromatic heterocycles. The molecule has 2 N–H and O–H groups in total. The number of benzene rings is 2. The Bertz CT molecular complexity index is 853. The molecule has 0 saturated heterocycles. The normalized spacial score (nSPS) is 16.1. The molecule has 146 valence electrons. The largest absolute Gasteiger partial charge is 0.493 e. The summed E-state index contributed by atoms with van der Waals surface area (Å²) in [5.74, 6) is -0.718. The number of para-hydroxylation sites is 1. The van der Waals surface area contributed by atoms with E-state index in [9.17, 15) is 14.4 Å². The van der Waals surface area contributed by atoms with Gasteiger partial charge in [0, 0.05) is 17.5 Å². The van der Waals surface area contributed by atoms with Crippen molar-refractivity contribution in [1.82, 2.24) is 10.6 Å². The summed E-state index contributed by atoms with van der Waals surface area (Å²) in [4.78, 5) is 36.3. The minimum Gasteiger partial charge on any atom is -0.493 e. The van der Waals surface area contributed by atoms with E-state index >= 15 is 0 Å². The molecule has 0 radical (unpaired) electrons. The summed E-state index contributed by atoms with van der Waals surface area (Å²) >= 11 is 0. The van der Waals surface area contributed by atoms with Crippen molar-refractivity contribution >= 4 is 17.8 Å². The van der Waals surface area contributed by atoms with Crippen molar-refractivity contribution in [3.8, 4) is 5.75 Å². The summed E-state index contributed by atoms with van der Waals surface area (Å²) in [6.45, 7) is 1.60. The lowest BCUT2D eigenvalue weighted by molar-refractivity contribution is -0.150. The lowest BCUT2D eigenvalue weighted by Crippen LogP contribution is -2.41. The van der Waals surface area contributed by atoms with Crippen LogP contribution < -0.4 is 15.4 Å². The van der Waals surface area contributed by atoms with Crippen LogP contribution in [0.3, 0.4) is 0 Å². The lowest BCUT2D eigenvalue weighted by atomic mass is 10.0. The van der Waals surface area contributed by atoms with Gasteiger partial charge < -0.3 is 20.1 Å². The maximum Gasteiger partial charge on any atom is 0.328 e. The van der Waals surface area contributed by atoms with E-state index in [0.29, 0.717) is 18.6 Å². The Hall–Kier alpha value is -3.35. The fourth-order valence-electron chi connectivity index (χ4n) is 2.92. The molecule has 3 rings (SSSR count). The molecular weight excluding hydrogens is 360 g/mol. The van der Waals surface area contributed by atoms with Crippen LogP contribution in [0.25, 0.3) is 0 Å². The number of ether oxygens (including phenoxy) is 2. The van der Waals surface area contributed by atoms with Gasteiger partial charge in [-0.25, -0.2) is 4.79 Å². The van der Waals surface area contributed by atoms with E-state index in [1.54, 1.807) is 30.3 Å². The van der Waals surface area contributed by atoms with E-state index in [-0.39, 0.29) is 11.9 Å². The minimum atomic E-state index is -0.871. The highest BCUT2D eigenvalue weighted by Gasteiger charge is 2.24. The number of hydrogen-bond acceptors (Lipinski definition) is 5. The van der Waals surface area contributed by atoms with Crippen LogP contribution in [-0.2, 0) is 14.3 Å². The Balaban J connectivity index is 1.47. The first-order valence-corrected chi connectivity index (χ1v) is 9.08. The van der Waals surface area contributed by atoms with Crippen LogP contribution in [0.1, 0.15) is 35.3 Å². The Morgan fingerprint density at radius 1 is 1.11 bits per heavy atom. The van der Waals surface area contributed by atoms with Gasteiger partial charge in [-0.15, -0.1) is 0 Å². The molecule has 0 saturated carbocycles. The molecule has 0 aliphatic carbocycles. The number of nitrogens with one attached hydrogen (secondary N) is 2.